The number of aromatic nitrogens is 2. The molecule has 0 saturated carbocycles. The topological polar surface area (TPSA) is 102 Å². The summed E-state index contributed by atoms with van der Waals surface area (Å²) < 4.78 is 6.33. The second kappa shape index (κ2) is 17.3. The summed E-state index contributed by atoms with van der Waals surface area (Å²) in [6, 6.07) is 6.83. The van der Waals surface area contributed by atoms with E-state index >= 15 is 0 Å². The van der Waals surface area contributed by atoms with Crippen LogP contribution in [0.4, 0.5) is 11.4 Å². The largest absolute Gasteiger partial charge is 0.497 e. The third-order valence-corrected chi connectivity index (χ3v) is 4.41. The number of methoxy groups -OCH3 is 1. The molecule has 2 aromatic rings. The molecule has 33 heavy (non-hydrogen) atoms. The molecule has 182 valence electrons. The van der Waals surface area contributed by atoms with Gasteiger partial charge in [-0.3, -0.25) is 9.59 Å². The molecule has 8 nitrogen and oxygen atoms in total. The fourth-order valence-electron chi connectivity index (χ4n) is 2.63. The maximum absolute atomic E-state index is 13.0. The SMILES string of the molecule is CC.CC#CCN(CC)c1c(NC)cnn(CC(=O)c2cccc(OC)c2)c1=O.CCCN. The Kier molecular flexibility index (Phi) is 15.5. The van der Waals surface area contributed by atoms with Crippen molar-refractivity contribution >= 4 is 17.2 Å². The molecule has 0 aliphatic carbocycles. The number of nitrogens with one attached hydrogen (secondary N) is 1. The van der Waals surface area contributed by atoms with Gasteiger partial charge in [0.05, 0.1) is 25.5 Å². The zero-order valence-electron chi connectivity index (χ0n) is 21.1. The van der Waals surface area contributed by atoms with E-state index < -0.39 is 0 Å². The number of carbonyl (C=O) groups is 1. The molecule has 8 heteroatoms. The number of anilines is 2. The predicted octanol–water partition coefficient (Wildman–Crippen LogP) is 3.41. The molecule has 0 fully saturated rings. The van der Waals surface area contributed by atoms with E-state index in [0.29, 0.717) is 35.8 Å². The van der Waals surface area contributed by atoms with Crippen LogP contribution in [-0.2, 0) is 6.54 Å². The van der Waals surface area contributed by atoms with Gasteiger partial charge in [-0.1, -0.05) is 38.8 Å². The number of hydrogen-bond acceptors (Lipinski definition) is 7. The van der Waals surface area contributed by atoms with Crippen molar-refractivity contribution in [1.82, 2.24) is 9.78 Å². The summed E-state index contributed by atoms with van der Waals surface area (Å²) in [5.74, 6) is 6.18. The summed E-state index contributed by atoms with van der Waals surface area (Å²) in [4.78, 5) is 27.5. The van der Waals surface area contributed by atoms with Crippen LogP contribution in [0.1, 0.15) is 51.4 Å². The van der Waals surface area contributed by atoms with Gasteiger partial charge in [-0.25, -0.2) is 4.68 Å². The number of rotatable bonds is 9. The number of nitrogens with two attached hydrogens (primary N) is 1. The summed E-state index contributed by atoms with van der Waals surface area (Å²) in [6.07, 6.45) is 2.65. The molecule has 3 N–H and O–H groups in total. The zero-order chi connectivity index (χ0) is 25.2. The Balaban J connectivity index is 0.00000154. The number of Topliss-reactive ketones (excluding diaryl/α,β-unsaturated/α-hetero) is 1. The number of ether oxygens (including phenoxy) is 1. The Bertz CT molecular complexity index is 958. The monoisotopic (exact) mass is 457 g/mol. The molecule has 0 amide bonds. The molecule has 0 bridgehead atoms. The van der Waals surface area contributed by atoms with Gasteiger partial charge in [0.2, 0.25) is 0 Å². The van der Waals surface area contributed by atoms with Gasteiger partial charge in [0.15, 0.2) is 5.78 Å². The fraction of sp³-hybridized carbons (Fsp3) is 0.480. The van der Waals surface area contributed by atoms with Crippen LogP contribution in [0.3, 0.4) is 0 Å². The molecule has 0 spiro atoms. The summed E-state index contributed by atoms with van der Waals surface area (Å²) in [6.45, 7) is 11.4. The quantitative estimate of drug-likeness (QED) is 0.439. The van der Waals surface area contributed by atoms with Crippen LogP contribution in [-0.4, -0.2) is 49.4 Å². The molecule has 0 unspecified atom stereocenters. The van der Waals surface area contributed by atoms with Gasteiger partial charge in [0.25, 0.3) is 5.56 Å². The first-order valence-corrected chi connectivity index (χ1v) is 11.3. The van der Waals surface area contributed by atoms with Crippen LogP contribution >= 0.6 is 0 Å². The smallest absolute Gasteiger partial charge is 0.292 e. The van der Waals surface area contributed by atoms with Gasteiger partial charge in [-0.05, 0) is 38.9 Å². The van der Waals surface area contributed by atoms with Crippen LogP contribution in [0.2, 0.25) is 0 Å². The highest BCUT2D eigenvalue weighted by atomic mass is 16.5. The highest BCUT2D eigenvalue weighted by Gasteiger charge is 2.18. The lowest BCUT2D eigenvalue weighted by Crippen LogP contribution is -2.35. The number of hydrogen-bond donors (Lipinski definition) is 2. The van der Waals surface area contributed by atoms with Crippen LogP contribution in [0, 0.1) is 11.8 Å². The normalized spacial score (nSPS) is 9.21. The average molecular weight is 458 g/mol. The summed E-state index contributed by atoms with van der Waals surface area (Å²) in [5.41, 5.74) is 6.21. The molecule has 0 aliphatic rings. The molecular weight excluding hydrogens is 418 g/mol. The Hall–Kier alpha value is -3.31. The lowest BCUT2D eigenvalue weighted by molar-refractivity contribution is 0.0965. The van der Waals surface area contributed by atoms with E-state index in [-0.39, 0.29) is 17.9 Å². The number of ketones is 1. The maximum atomic E-state index is 13.0. The number of benzene rings is 1. The summed E-state index contributed by atoms with van der Waals surface area (Å²) >= 11 is 0. The van der Waals surface area contributed by atoms with Crippen molar-refractivity contribution in [2.24, 2.45) is 5.73 Å². The van der Waals surface area contributed by atoms with Gasteiger partial charge >= 0.3 is 0 Å². The molecule has 1 heterocycles. The first kappa shape index (κ1) is 29.7. The Morgan fingerprint density at radius 1 is 1.30 bits per heavy atom. The van der Waals surface area contributed by atoms with Gasteiger partial charge in [0, 0.05) is 19.2 Å². The first-order valence-electron chi connectivity index (χ1n) is 11.3. The molecule has 0 radical (unpaired) electrons. The lowest BCUT2D eigenvalue weighted by atomic mass is 10.1. The van der Waals surface area contributed by atoms with Crippen molar-refractivity contribution in [3.8, 4) is 17.6 Å². The van der Waals surface area contributed by atoms with E-state index in [1.54, 1.807) is 44.4 Å². The Labute approximate surface area is 198 Å². The highest BCUT2D eigenvalue weighted by molar-refractivity contribution is 5.96. The zero-order valence-corrected chi connectivity index (χ0v) is 21.1. The van der Waals surface area contributed by atoms with Crippen LogP contribution < -0.4 is 26.2 Å². The van der Waals surface area contributed by atoms with Crippen molar-refractivity contribution in [1.29, 1.82) is 0 Å². The fourth-order valence-corrected chi connectivity index (χ4v) is 2.63. The van der Waals surface area contributed by atoms with Gasteiger partial charge in [-0.2, -0.15) is 5.10 Å². The van der Waals surface area contributed by atoms with E-state index in [1.807, 2.05) is 25.7 Å². The van der Waals surface area contributed by atoms with Crippen molar-refractivity contribution < 1.29 is 9.53 Å². The Morgan fingerprint density at radius 2 is 1.97 bits per heavy atom. The van der Waals surface area contributed by atoms with Crippen molar-refractivity contribution in [2.75, 3.05) is 44.0 Å². The maximum Gasteiger partial charge on any atom is 0.292 e. The van der Waals surface area contributed by atoms with Crippen molar-refractivity contribution in [2.45, 2.75) is 47.6 Å². The van der Waals surface area contributed by atoms with Crippen LogP contribution in [0.5, 0.6) is 5.75 Å². The van der Waals surface area contributed by atoms with Crippen LogP contribution in [0.25, 0.3) is 0 Å². The lowest BCUT2D eigenvalue weighted by Gasteiger charge is -2.23. The highest BCUT2D eigenvalue weighted by Crippen LogP contribution is 2.20. The van der Waals surface area contributed by atoms with Gasteiger partial charge < -0.3 is 20.7 Å². The van der Waals surface area contributed by atoms with E-state index in [1.165, 1.54) is 11.8 Å². The van der Waals surface area contributed by atoms with Crippen molar-refractivity contribution in [3.05, 3.63) is 46.4 Å². The minimum Gasteiger partial charge on any atom is -0.497 e. The second-order valence-corrected chi connectivity index (χ2v) is 6.50. The summed E-state index contributed by atoms with van der Waals surface area (Å²) in [7, 11) is 3.27. The molecule has 1 aromatic heterocycles. The Morgan fingerprint density at radius 3 is 2.48 bits per heavy atom. The molecule has 2 rings (SSSR count). The minimum absolute atomic E-state index is 0.153. The van der Waals surface area contributed by atoms with E-state index in [9.17, 15) is 9.59 Å². The third kappa shape index (κ3) is 9.38. The first-order chi connectivity index (χ1) is 16.0. The van der Waals surface area contributed by atoms with Gasteiger partial charge in [-0.15, -0.1) is 5.92 Å². The van der Waals surface area contributed by atoms with Crippen LogP contribution in [0.15, 0.2) is 35.3 Å². The minimum atomic E-state index is -0.335. The molecule has 0 atom stereocenters. The molecule has 0 aliphatic heterocycles. The molecule has 1 aromatic carbocycles. The van der Waals surface area contributed by atoms with E-state index in [4.69, 9.17) is 10.5 Å². The summed E-state index contributed by atoms with van der Waals surface area (Å²) in [5, 5.41) is 7.13. The average Bonchev–Trinajstić information content (AvgIpc) is 2.87. The number of carbonyl (C=O) groups excluding carboxylic acids is 1. The van der Waals surface area contributed by atoms with Gasteiger partial charge in [0.1, 0.15) is 18.0 Å². The standard InChI is InChI=1S/C20H24N4O3.C3H9N.C2H6/c1-5-7-11-23(6-2)19-17(21-3)13-22-24(20(19)26)14-18(25)15-9-8-10-16(12-15)27-4;1-2-3-4;1-2/h8-10,12-13,21H,6,11,14H2,1-4H3;2-4H2,1H3;1-2H3. The second-order valence-electron chi connectivity index (χ2n) is 6.50. The van der Waals surface area contributed by atoms with E-state index in [2.05, 4.69) is 29.2 Å². The van der Waals surface area contributed by atoms with Crippen molar-refractivity contribution in [3.63, 3.8) is 0 Å². The molecule has 0 saturated heterocycles. The predicted molar refractivity (Wildman–Crippen MR) is 137 cm³/mol. The van der Waals surface area contributed by atoms with E-state index in [0.717, 1.165) is 13.0 Å². The number of nitrogens with zero attached hydrogens (tertiary/aromatic N) is 3. The molecular formula is C25H39N5O3. The third-order valence-electron chi connectivity index (χ3n) is 4.41.